The minimum absolute atomic E-state index is 0.182. The van der Waals surface area contributed by atoms with E-state index in [2.05, 4.69) is 40.2 Å². The molecule has 7 heteroatoms. The summed E-state index contributed by atoms with van der Waals surface area (Å²) >= 11 is 0. The summed E-state index contributed by atoms with van der Waals surface area (Å²) in [4.78, 5) is 19.7. The SMILES string of the molecule is COCc1cc(-c2nc(-c3ccc(CCCCC(=O)O)nc3)no2)ccc1-c1ccccc1C. The van der Waals surface area contributed by atoms with Gasteiger partial charge in [0, 0.05) is 36.5 Å². The standard InChI is InChI=1S/C27H27N3O4/c1-18-7-3-5-9-23(18)24-14-12-19(15-21(24)17-33-2)27-29-26(30-34-27)20-11-13-22(28-16-20)8-4-6-10-25(31)32/h3,5,7,9,11-16H,4,6,8,10,17H2,1-2H3,(H,31,32). The molecule has 2 aromatic heterocycles. The van der Waals surface area contributed by atoms with Crippen LogP contribution in [0.15, 0.2) is 65.3 Å². The molecule has 0 aliphatic carbocycles. The summed E-state index contributed by atoms with van der Waals surface area (Å²) in [5.74, 6) is 0.132. The molecule has 0 bridgehead atoms. The Hall–Kier alpha value is -3.84. The fourth-order valence-electron chi connectivity index (χ4n) is 3.88. The molecular weight excluding hydrogens is 430 g/mol. The molecule has 0 unspecified atom stereocenters. The molecule has 174 valence electrons. The number of carboxylic acid groups (broad SMARTS) is 1. The maximum Gasteiger partial charge on any atom is 0.303 e. The Balaban J connectivity index is 1.52. The molecule has 4 rings (SSSR count). The summed E-state index contributed by atoms with van der Waals surface area (Å²) in [5.41, 5.74) is 7.03. The summed E-state index contributed by atoms with van der Waals surface area (Å²) < 4.78 is 11.0. The third kappa shape index (κ3) is 5.55. The largest absolute Gasteiger partial charge is 0.481 e. The van der Waals surface area contributed by atoms with Crippen molar-refractivity contribution < 1.29 is 19.2 Å². The molecule has 2 aromatic carbocycles. The summed E-state index contributed by atoms with van der Waals surface area (Å²) in [5, 5.41) is 12.9. The van der Waals surface area contributed by atoms with E-state index in [9.17, 15) is 4.79 Å². The van der Waals surface area contributed by atoms with Gasteiger partial charge in [-0.25, -0.2) is 0 Å². The van der Waals surface area contributed by atoms with Crippen LogP contribution in [0.3, 0.4) is 0 Å². The fraction of sp³-hybridized carbons (Fsp3) is 0.259. The third-order valence-corrected chi connectivity index (χ3v) is 5.67. The Morgan fingerprint density at radius 2 is 1.85 bits per heavy atom. The van der Waals surface area contributed by atoms with E-state index in [1.165, 1.54) is 11.1 Å². The monoisotopic (exact) mass is 457 g/mol. The van der Waals surface area contributed by atoms with Gasteiger partial charge in [-0.2, -0.15) is 4.98 Å². The van der Waals surface area contributed by atoms with Crippen LogP contribution in [-0.4, -0.2) is 33.3 Å². The fourth-order valence-corrected chi connectivity index (χ4v) is 3.88. The van der Waals surface area contributed by atoms with Gasteiger partial charge in [-0.1, -0.05) is 35.5 Å². The second-order valence-electron chi connectivity index (χ2n) is 8.18. The molecule has 0 saturated carbocycles. The summed E-state index contributed by atoms with van der Waals surface area (Å²) in [6, 6.07) is 18.2. The molecule has 0 fully saturated rings. The van der Waals surface area contributed by atoms with Gasteiger partial charge in [0.1, 0.15) is 0 Å². The lowest BCUT2D eigenvalue weighted by molar-refractivity contribution is -0.137. The molecule has 34 heavy (non-hydrogen) atoms. The van der Waals surface area contributed by atoms with Crippen LogP contribution in [0, 0.1) is 6.92 Å². The summed E-state index contributed by atoms with van der Waals surface area (Å²) in [7, 11) is 1.68. The highest BCUT2D eigenvalue weighted by molar-refractivity contribution is 5.74. The molecule has 4 aromatic rings. The van der Waals surface area contributed by atoms with E-state index >= 15 is 0 Å². The second kappa shape index (κ2) is 10.9. The molecule has 0 radical (unpaired) electrons. The van der Waals surface area contributed by atoms with Gasteiger partial charge >= 0.3 is 5.97 Å². The average molecular weight is 458 g/mol. The first kappa shape index (κ1) is 23.3. The second-order valence-corrected chi connectivity index (χ2v) is 8.18. The Kier molecular flexibility index (Phi) is 7.44. The van der Waals surface area contributed by atoms with E-state index in [0.29, 0.717) is 24.7 Å². The molecule has 0 amide bonds. The zero-order chi connectivity index (χ0) is 23.9. The van der Waals surface area contributed by atoms with Gasteiger partial charge in [-0.15, -0.1) is 0 Å². The predicted molar refractivity (Wildman–Crippen MR) is 129 cm³/mol. The number of unbranched alkanes of at least 4 members (excludes halogenated alkanes) is 1. The van der Waals surface area contributed by atoms with E-state index in [4.69, 9.17) is 14.4 Å². The van der Waals surface area contributed by atoms with Crippen LogP contribution in [0.4, 0.5) is 0 Å². The molecule has 0 saturated heterocycles. The highest BCUT2D eigenvalue weighted by atomic mass is 16.5. The maximum atomic E-state index is 10.6. The Bertz CT molecular complexity index is 1270. The highest BCUT2D eigenvalue weighted by Gasteiger charge is 2.15. The van der Waals surface area contributed by atoms with E-state index in [-0.39, 0.29) is 6.42 Å². The molecular formula is C27H27N3O4. The van der Waals surface area contributed by atoms with Gasteiger partial charge < -0.3 is 14.4 Å². The van der Waals surface area contributed by atoms with Crippen LogP contribution in [0.1, 0.15) is 36.1 Å². The summed E-state index contributed by atoms with van der Waals surface area (Å²) in [6.45, 7) is 2.57. The molecule has 0 atom stereocenters. The number of pyridine rings is 1. The number of aryl methyl sites for hydroxylation is 2. The molecule has 1 N–H and O–H groups in total. The zero-order valence-electron chi connectivity index (χ0n) is 19.3. The maximum absolute atomic E-state index is 10.6. The number of ether oxygens (including phenoxy) is 1. The van der Waals surface area contributed by atoms with Crippen molar-refractivity contribution in [1.29, 1.82) is 0 Å². The molecule has 2 heterocycles. The first-order valence-corrected chi connectivity index (χ1v) is 11.2. The van der Waals surface area contributed by atoms with E-state index in [0.717, 1.165) is 40.8 Å². The number of aliphatic carboxylic acids is 1. The predicted octanol–water partition coefficient (Wildman–Crippen LogP) is 5.72. The van der Waals surface area contributed by atoms with E-state index in [1.807, 2.05) is 36.4 Å². The lowest BCUT2D eigenvalue weighted by Crippen LogP contribution is -1.96. The quantitative estimate of drug-likeness (QED) is 0.304. The average Bonchev–Trinajstić information content (AvgIpc) is 3.33. The van der Waals surface area contributed by atoms with Crippen molar-refractivity contribution in [2.75, 3.05) is 7.11 Å². The molecule has 7 nitrogen and oxygen atoms in total. The number of carbonyl (C=O) groups is 1. The summed E-state index contributed by atoms with van der Waals surface area (Å²) in [6.07, 6.45) is 4.06. The van der Waals surface area contributed by atoms with Crippen LogP contribution in [0.5, 0.6) is 0 Å². The minimum Gasteiger partial charge on any atom is -0.481 e. The van der Waals surface area contributed by atoms with Crippen molar-refractivity contribution in [3.8, 4) is 34.0 Å². The van der Waals surface area contributed by atoms with Crippen LogP contribution in [0.25, 0.3) is 34.0 Å². The van der Waals surface area contributed by atoms with Crippen LogP contribution < -0.4 is 0 Å². The van der Waals surface area contributed by atoms with Crippen LogP contribution >= 0.6 is 0 Å². The Morgan fingerprint density at radius 3 is 2.59 bits per heavy atom. The van der Waals surface area contributed by atoms with Gasteiger partial charge in [-0.3, -0.25) is 9.78 Å². The van der Waals surface area contributed by atoms with Gasteiger partial charge in [0.2, 0.25) is 5.82 Å². The third-order valence-electron chi connectivity index (χ3n) is 5.67. The van der Waals surface area contributed by atoms with Crippen LogP contribution in [0.2, 0.25) is 0 Å². The van der Waals surface area contributed by atoms with Crippen molar-refractivity contribution in [1.82, 2.24) is 15.1 Å². The number of benzene rings is 2. The van der Waals surface area contributed by atoms with Crippen molar-refractivity contribution in [3.63, 3.8) is 0 Å². The molecule has 0 aliphatic rings. The minimum atomic E-state index is -0.768. The number of nitrogens with zero attached hydrogens (tertiary/aromatic N) is 3. The lowest BCUT2D eigenvalue weighted by Gasteiger charge is -2.12. The van der Waals surface area contributed by atoms with E-state index < -0.39 is 5.97 Å². The van der Waals surface area contributed by atoms with Gasteiger partial charge in [0.15, 0.2) is 0 Å². The number of rotatable bonds is 10. The van der Waals surface area contributed by atoms with Crippen molar-refractivity contribution in [3.05, 3.63) is 77.6 Å². The number of methoxy groups -OCH3 is 1. The van der Waals surface area contributed by atoms with Crippen LogP contribution in [-0.2, 0) is 22.6 Å². The number of aromatic nitrogens is 3. The normalized spacial score (nSPS) is 11.0. The van der Waals surface area contributed by atoms with Gasteiger partial charge in [0.25, 0.3) is 5.89 Å². The van der Waals surface area contributed by atoms with Crippen molar-refractivity contribution >= 4 is 5.97 Å². The Morgan fingerprint density at radius 1 is 1.03 bits per heavy atom. The molecule has 0 aliphatic heterocycles. The number of hydrogen-bond acceptors (Lipinski definition) is 6. The topological polar surface area (TPSA) is 98.3 Å². The van der Waals surface area contributed by atoms with Crippen molar-refractivity contribution in [2.24, 2.45) is 0 Å². The smallest absolute Gasteiger partial charge is 0.303 e. The zero-order valence-corrected chi connectivity index (χ0v) is 19.3. The number of hydrogen-bond donors (Lipinski definition) is 1. The lowest BCUT2D eigenvalue weighted by atomic mass is 9.94. The first-order chi connectivity index (χ1) is 16.5. The van der Waals surface area contributed by atoms with Crippen molar-refractivity contribution in [2.45, 2.75) is 39.2 Å². The first-order valence-electron chi connectivity index (χ1n) is 11.2. The number of carboxylic acids is 1. The van der Waals surface area contributed by atoms with Gasteiger partial charge in [0.05, 0.1) is 6.61 Å². The Labute approximate surface area is 198 Å². The van der Waals surface area contributed by atoms with Gasteiger partial charge in [-0.05, 0) is 72.7 Å². The highest BCUT2D eigenvalue weighted by Crippen LogP contribution is 2.31. The van der Waals surface area contributed by atoms with E-state index in [1.54, 1.807) is 13.3 Å². The molecule has 0 spiro atoms.